The monoisotopic (exact) mass is 689 g/mol. The summed E-state index contributed by atoms with van der Waals surface area (Å²) in [5, 5.41) is 27.0. The van der Waals surface area contributed by atoms with Crippen molar-refractivity contribution in [1.82, 2.24) is 25.5 Å². The summed E-state index contributed by atoms with van der Waals surface area (Å²) in [5.41, 5.74) is 7.27. The standard InChI is InChI=1S/C46H51N5O/c1-32-11-9-15-40(50-32)31-51(30-39-14-5-6-24-49-39)29-38-25-33(26-42(45(38)52)46(2,3)4)27-47-22-7-8-23-48-28-37-19-18-36-17-16-34-12-10-13-35-20-21-41(37)44(36)43(34)35/h5-6,9-21,24-26,47-48,52H,7-8,22-23,27-31H2,1-4H3. The van der Waals surface area contributed by atoms with Crippen LogP contribution >= 0.6 is 0 Å². The minimum absolute atomic E-state index is 0.195. The number of rotatable bonds is 15. The molecule has 0 spiro atoms. The van der Waals surface area contributed by atoms with Crippen LogP contribution in [0.15, 0.2) is 109 Å². The molecular formula is C46H51N5O. The van der Waals surface area contributed by atoms with Gasteiger partial charge in [0.25, 0.3) is 0 Å². The molecular weight excluding hydrogens is 639 g/mol. The molecule has 0 aliphatic rings. The summed E-state index contributed by atoms with van der Waals surface area (Å²) in [4.78, 5) is 11.7. The molecule has 52 heavy (non-hydrogen) atoms. The Morgan fingerprint density at radius 2 is 1.33 bits per heavy atom. The molecule has 7 rings (SSSR count). The third kappa shape index (κ3) is 8.26. The van der Waals surface area contributed by atoms with Gasteiger partial charge >= 0.3 is 0 Å². The number of phenols is 1. The van der Waals surface area contributed by atoms with Crippen molar-refractivity contribution in [2.75, 3.05) is 13.1 Å². The maximum atomic E-state index is 11.6. The van der Waals surface area contributed by atoms with Gasteiger partial charge in [0.15, 0.2) is 0 Å². The summed E-state index contributed by atoms with van der Waals surface area (Å²) in [6, 6.07) is 36.7. The second-order valence-corrected chi connectivity index (χ2v) is 15.3. The number of nitrogens with one attached hydrogen (secondary N) is 2. The lowest BCUT2D eigenvalue weighted by Gasteiger charge is -2.27. The van der Waals surface area contributed by atoms with E-state index >= 15 is 0 Å². The molecule has 0 amide bonds. The molecule has 6 nitrogen and oxygen atoms in total. The molecule has 0 radical (unpaired) electrons. The zero-order valence-electron chi connectivity index (χ0n) is 31.0. The average Bonchev–Trinajstić information content (AvgIpc) is 3.13. The molecule has 266 valence electrons. The van der Waals surface area contributed by atoms with Crippen molar-refractivity contribution in [2.45, 2.75) is 78.7 Å². The normalized spacial score (nSPS) is 12.2. The molecule has 0 bridgehead atoms. The first-order chi connectivity index (χ1) is 25.2. The second-order valence-electron chi connectivity index (χ2n) is 15.3. The van der Waals surface area contributed by atoms with Crippen LogP contribution < -0.4 is 10.6 Å². The summed E-state index contributed by atoms with van der Waals surface area (Å²) in [6.07, 6.45) is 4.02. The molecule has 0 aliphatic heterocycles. The Labute approximate surface area is 308 Å². The molecule has 7 aromatic rings. The smallest absolute Gasteiger partial charge is 0.123 e. The molecule has 0 unspecified atom stereocenters. The Bertz CT molecular complexity index is 2240. The van der Waals surface area contributed by atoms with Crippen LogP contribution in [0.2, 0.25) is 0 Å². The SMILES string of the molecule is Cc1cccc(CN(Cc2ccccn2)Cc2cc(CNCCCCNCc3ccc4ccc5cccc6ccc3c4c56)cc(C(C)(C)C)c2O)n1. The Kier molecular flexibility index (Phi) is 10.8. The van der Waals surface area contributed by atoms with Crippen molar-refractivity contribution in [3.63, 3.8) is 0 Å². The number of aromatic nitrogens is 2. The van der Waals surface area contributed by atoms with Crippen LogP contribution in [0.5, 0.6) is 5.75 Å². The van der Waals surface area contributed by atoms with Crippen LogP contribution in [0, 0.1) is 6.92 Å². The quantitative estimate of drug-likeness (QED) is 0.0736. The third-order valence-corrected chi connectivity index (χ3v) is 10.1. The van der Waals surface area contributed by atoms with Gasteiger partial charge in [-0.3, -0.25) is 14.9 Å². The molecule has 3 N–H and O–H groups in total. The van der Waals surface area contributed by atoms with Gasteiger partial charge in [0.2, 0.25) is 0 Å². The summed E-state index contributed by atoms with van der Waals surface area (Å²) in [6.45, 7) is 14.0. The minimum Gasteiger partial charge on any atom is -0.507 e. The molecule has 0 aliphatic carbocycles. The van der Waals surface area contributed by atoms with Gasteiger partial charge in [-0.2, -0.15) is 0 Å². The molecule has 2 heterocycles. The largest absolute Gasteiger partial charge is 0.507 e. The van der Waals surface area contributed by atoms with E-state index in [0.717, 1.165) is 67.2 Å². The van der Waals surface area contributed by atoms with Crippen LogP contribution in [0.25, 0.3) is 32.3 Å². The summed E-state index contributed by atoms with van der Waals surface area (Å²) in [7, 11) is 0. The Morgan fingerprint density at radius 3 is 2.06 bits per heavy atom. The van der Waals surface area contributed by atoms with Crippen LogP contribution in [-0.4, -0.2) is 33.1 Å². The number of unbranched alkanes of at least 4 members (excludes halogenated alkanes) is 1. The number of nitrogens with zero attached hydrogens (tertiary/aromatic N) is 3. The van der Waals surface area contributed by atoms with E-state index in [1.165, 1.54) is 43.4 Å². The second kappa shape index (κ2) is 15.8. The van der Waals surface area contributed by atoms with Crippen molar-refractivity contribution in [2.24, 2.45) is 0 Å². The summed E-state index contributed by atoms with van der Waals surface area (Å²) in [5.74, 6) is 0.384. The van der Waals surface area contributed by atoms with Crippen LogP contribution in [0.3, 0.4) is 0 Å². The van der Waals surface area contributed by atoms with E-state index in [0.29, 0.717) is 25.4 Å². The average molecular weight is 690 g/mol. The molecule has 0 saturated heterocycles. The molecule has 2 aromatic heterocycles. The highest BCUT2D eigenvalue weighted by Gasteiger charge is 2.23. The number of pyridine rings is 2. The zero-order chi connectivity index (χ0) is 36.1. The minimum atomic E-state index is -0.195. The molecule has 0 fully saturated rings. The van der Waals surface area contributed by atoms with Crippen molar-refractivity contribution in [3.05, 3.63) is 149 Å². The van der Waals surface area contributed by atoms with Crippen molar-refractivity contribution in [1.29, 1.82) is 0 Å². The number of benzene rings is 5. The Hall–Kier alpha value is -4.88. The van der Waals surface area contributed by atoms with Gasteiger partial charge in [0.1, 0.15) is 5.75 Å². The van der Waals surface area contributed by atoms with Gasteiger partial charge in [-0.25, -0.2) is 0 Å². The molecule has 6 heteroatoms. The zero-order valence-corrected chi connectivity index (χ0v) is 31.0. The summed E-state index contributed by atoms with van der Waals surface area (Å²) >= 11 is 0. The number of hydrogen-bond acceptors (Lipinski definition) is 6. The van der Waals surface area contributed by atoms with Crippen molar-refractivity contribution in [3.8, 4) is 5.75 Å². The fraction of sp³-hybridized carbons (Fsp3) is 0.304. The highest BCUT2D eigenvalue weighted by atomic mass is 16.3. The van der Waals surface area contributed by atoms with E-state index in [1.807, 2.05) is 31.3 Å². The van der Waals surface area contributed by atoms with Crippen molar-refractivity contribution < 1.29 is 5.11 Å². The number of aryl methyl sites for hydroxylation is 1. The van der Waals surface area contributed by atoms with Crippen LogP contribution in [0.4, 0.5) is 0 Å². The van der Waals surface area contributed by atoms with E-state index in [9.17, 15) is 5.11 Å². The Morgan fingerprint density at radius 1 is 0.654 bits per heavy atom. The van der Waals surface area contributed by atoms with E-state index in [4.69, 9.17) is 4.98 Å². The fourth-order valence-corrected chi connectivity index (χ4v) is 7.51. The fourth-order valence-electron chi connectivity index (χ4n) is 7.51. The first-order valence-electron chi connectivity index (χ1n) is 18.7. The topological polar surface area (TPSA) is 73.3 Å². The van der Waals surface area contributed by atoms with Gasteiger partial charge in [-0.15, -0.1) is 0 Å². The number of aromatic hydroxyl groups is 1. The van der Waals surface area contributed by atoms with E-state index in [2.05, 4.69) is 126 Å². The van der Waals surface area contributed by atoms with Crippen LogP contribution in [-0.2, 0) is 38.1 Å². The van der Waals surface area contributed by atoms with E-state index in [-0.39, 0.29) is 5.41 Å². The third-order valence-electron chi connectivity index (χ3n) is 10.1. The Balaban J connectivity index is 0.959. The predicted octanol–water partition coefficient (Wildman–Crippen LogP) is 9.55. The maximum Gasteiger partial charge on any atom is 0.123 e. The first-order valence-corrected chi connectivity index (χ1v) is 18.7. The molecule has 0 saturated carbocycles. The van der Waals surface area contributed by atoms with Gasteiger partial charge in [-0.05, 0) is 118 Å². The molecule has 0 atom stereocenters. The van der Waals surface area contributed by atoms with Gasteiger partial charge < -0.3 is 15.7 Å². The van der Waals surface area contributed by atoms with Gasteiger partial charge in [-0.1, -0.05) is 93.6 Å². The van der Waals surface area contributed by atoms with E-state index in [1.54, 1.807) is 0 Å². The highest BCUT2D eigenvalue weighted by Crippen LogP contribution is 2.37. The lowest BCUT2D eigenvalue weighted by atomic mass is 9.84. The lowest BCUT2D eigenvalue weighted by Crippen LogP contribution is -2.25. The van der Waals surface area contributed by atoms with Gasteiger partial charge in [0, 0.05) is 50.2 Å². The predicted molar refractivity (Wildman–Crippen MR) is 216 cm³/mol. The highest BCUT2D eigenvalue weighted by molar-refractivity contribution is 6.23. The van der Waals surface area contributed by atoms with Crippen LogP contribution in [0.1, 0.15) is 72.9 Å². The van der Waals surface area contributed by atoms with Gasteiger partial charge in [0.05, 0.1) is 11.4 Å². The first kappa shape index (κ1) is 35.5. The van der Waals surface area contributed by atoms with E-state index < -0.39 is 0 Å². The number of phenolic OH excluding ortho intramolecular Hbond substituents is 1. The number of hydrogen-bond donors (Lipinski definition) is 3. The van der Waals surface area contributed by atoms with Crippen molar-refractivity contribution >= 4 is 32.3 Å². The molecule has 5 aromatic carbocycles. The lowest BCUT2D eigenvalue weighted by molar-refractivity contribution is 0.238. The maximum absolute atomic E-state index is 11.6. The summed E-state index contributed by atoms with van der Waals surface area (Å²) < 4.78 is 0.